The second kappa shape index (κ2) is 9.13. The number of hydrogen-bond donors (Lipinski definition) is 1. The smallest absolute Gasteiger partial charge is 0.335 e. The van der Waals surface area contributed by atoms with E-state index in [4.69, 9.17) is 9.25 Å². The molecule has 0 radical (unpaired) electrons. The van der Waals surface area contributed by atoms with Crippen molar-refractivity contribution in [2.45, 2.75) is 96.0 Å². The Morgan fingerprint density at radius 3 is 2.67 bits per heavy atom. The fourth-order valence-electron chi connectivity index (χ4n) is 9.00. The van der Waals surface area contributed by atoms with E-state index in [2.05, 4.69) is 30.0 Å². The van der Waals surface area contributed by atoms with Gasteiger partial charge in [0.1, 0.15) is 0 Å². The predicted octanol–water partition coefficient (Wildman–Crippen LogP) is 5.62. The molecule has 1 saturated heterocycles. The summed E-state index contributed by atoms with van der Waals surface area (Å²) in [6, 6.07) is 3.44. The third-order valence-corrected chi connectivity index (χ3v) is 11.2. The van der Waals surface area contributed by atoms with E-state index in [0.29, 0.717) is 18.6 Å². The summed E-state index contributed by atoms with van der Waals surface area (Å²) in [6.45, 7) is 7.59. The van der Waals surface area contributed by atoms with E-state index in [1.54, 1.807) is 6.26 Å². The summed E-state index contributed by atoms with van der Waals surface area (Å²) in [4.78, 5) is 19.7. The second-order valence-corrected chi connectivity index (χ2v) is 12.7. The number of likely N-dealkylation sites (tertiary alicyclic amines) is 1. The fourth-order valence-corrected chi connectivity index (χ4v) is 9.00. The molecule has 4 aliphatic carbocycles. The Balaban J connectivity index is 1.19. The maximum Gasteiger partial charge on any atom is 0.335 e. The van der Waals surface area contributed by atoms with Gasteiger partial charge in [-0.25, -0.2) is 4.79 Å². The van der Waals surface area contributed by atoms with E-state index in [0.717, 1.165) is 75.7 Å². The molecule has 6 atom stereocenters. The van der Waals surface area contributed by atoms with Crippen LogP contribution in [0.1, 0.15) is 96.0 Å². The average molecular weight is 495 g/mol. The molecule has 0 unspecified atom stereocenters. The van der Waals surface area contributed by atoms with Crippen molar-refractivity contribution >= 4 is 5.71 Å². The highest BCUT2D eigenvalue weighted by molar-refractivity contribution is 5.96. The van der Waals surface area contributed by atoms with Gasteiger partial charge in [-0.2, -0.15) is 0 Å². The van der Waals surface area contributed by atoms with Gasteiger partial charge in [0, 0.05) is 24.6 Å². The van der Waals surface area contributed by atoms with Crippen LogP contribution in [0, 0.1) is 22.7 Å². The highest BCUT2D eigenvalue weighted by Gasteiger charge is 2.66. The van der Waals surface area contributed by atoms with Crippen molar-refractivity contribution in [2.24, 2.45) is 27.8 Å². The Labute approximate surface area is 214 Å². The molecular formula is C30H42N2O4. The van der Waals surface area contributed by atoms with Crippen LogP contribution in [0.15, 0.2) is 44.4 Å². The van der Waals surface area contributed by atoms with Gasteiger partial charge in [-0.05, 0) is 105 Å². The molecule has 1 aliphatic heterocycles. The molecule has 6 rings (SSSR count). The Morgan fingerprint density at radius 2 is 1.89 bits per heavy atom. The van der Waals surface area contributed by atoms with Gasteiger partial charge in [-0.1, -0.05) is 31.0 Å². The zero-order valence-corrected chi connectivity index (χ0v) is 22.0. The van der Waals surface area contributed by atoms with Gasteiger partial charge in [0.05, 0.1) is 17.6 Å². The van der Waals surface area contributed by atoms with Crippen molar-refractivity contribution in [1.29, 1.82) is 0 Å². The molecule has 6 heteroatoms. The van der Waals surface area contributed by atoms with Gasteiger partial charge in [0.2, 0.25) is 0 Å². The zero-order valence-electron chi connectivity index (χ0n) is 22.0. The van der Waals surface area contributed by atoms with Gasteiger partial charge < -0.3 is 14.4 Å². The molecule has 5 aliphatic rings. The highest BCUT2D eigenvalue weighted by atomic mass is 16.6. The Kier molecular flexibility index (Phi) is 6.19. The van der Waals surface area contributed by atoms with Crippen LogP contribution in [0.4, 0.5) is 0 Å². The van der Waals surface area contributed by atoms with E-state index >= 15 is 0 Å². The van der Waals surface area contributed by atoms with Gasteiger partial charge >= 0.3 is 5.63 Å². The van der Waals surface area contributed by atoms with Crippen LogP contribution in [-0.2, 0) is 4.84 Å². The standard InChI is InChI=1S/C30H42N2O4/c1-28-13-10-23(31-36-20-32-16-4-3-5-17-32)18-22(28)7-8-26-25(28)11-14-29(2)24(12-15-30(26,29)34)21-6-9-27(33)35-19-21/h6,9,18-19,24-26,34H,3-5,7-8,10-17,20H2,1-2H3/b31-23+/t24-,25+,26-,28+,29-,30+/m1/s1. The van der Waals surface area contributed by atoms with Crippen LogP contribution in [0.25, 0.3) is 0 Å². The Morgan fingerprint density at radius 1 is 1.06 bits per heavy atom. The third kappa shape index (κ3) is 3.82. The van der Waals surface area contributed by atoms with Gasteiger partial charge in [0.25, 0.3) is 0 Å². The molecule has 36 heavy (non-hydrogen) atoms. The largest absolute Gasteiger partial charge is 0.431 e. The first kappa shape index (κ1) is 24.4. The van der Waals surface area contributed by atoms with Crippen molar-refractivity contribution in [3.63, 3.8) is 0 Å². The molecule has 1 N–H and O–H groups in total. The quantitative estimate of drug-likeness (QED) is 0.550. The minimum Gasteiger partial charge on any atom is -0.431 e. The van der Waals surface area contributed by atoms with Crippen LogP contribution < -0.4 is 5.63 Å². The molecule has 0 bridgehead atoms. The van der Waals surface area contributed by atoms with Crippen molar-refractivity contribution in [3.05, 3.63) is 46.0 Å². The summed E-state index contributed by atoms with van der Waals surface area (Å²) < 4.78 is 5.23. The van der Waals surface area contributed by atoms with Crippen LogP contribution in [-0.4, -0.2) is 41.1 Å². The zero-order chi connectivity index (χ0) is 25.0. The molecule has 0 amide bonds. The number of oxime groups is 1. The first-order valence-electron chi connectivity index (χ1n) is 14.3. The molecule has 1 aromatic rings. The molecule has 2 heterocycles. The second-order valence-electron chi connectivity index (χ2n) is 12.7. The summed E-state index contributed by atoms with van der Waals surface area (Å²) in [7, 11) is 0. The molecule has 3 saturated carbocycles. The first-order valence-corrected chi connectivity index (χ1v) is 14.3. The maximum atomic E-state index is 12.4. The lowest BCUT2D eigenvalue weighted by Crippen LogP contribution is -2.60. The number of piperidine rings is 1. The molecule has 196 valence electrons. The summed E-state index contributed by atoms with van der Waals surface area (Å²) in [6.07, 6.45) is 15.9. The predicted molar refractivity (Wildman–Crippen MR) is 140 cm³/mol. The first-order chi connectivity index (χ1) is 17.3. The number of allylic oxidation sites excluding steroid dienone is 2. The number of rotatable bonds is 4. The van der Waals surface area contributed by atoms with Crippen LogP contribution in [0.3, 0.4) is 0 Å². The molecule has 1 aromatic heterocycles. The fraction of sp³-hybridized carbons (Fsp3) is 0.733. The van der Waals surface area contributed by atoms with E-state index in [1.165, 1.54) is 30.9 Å². The van der Waals surface area contributed by atoms with Crippen molar-refractivity contribution in [2.75, 3.05) is 19.8 Å². The number of aliphatic hydroxyl groups is 1. The number of hydrogen-bond acceptors (Lipinski definition) is 6. The van der Waals surface area contributed by atoms with Crippen LogP contribution in [0.2, 0.25) is 0 Å². The van der Waals surface area contributed by atoms with Crippen LogP contribution >= 0.6 is 0 Å². The van der Waals surface area contributed by atoms with Gasteiger partial charge in [-0.15, -0.1) is 0 Å². The van der Waals surface area contributed by atoms with Crippen LogP contribution in [0.5, 0.6) is 0 Å². The lowest BCUT2D eigenvalue weighted by molar-refractivity contribution is -0.176. The minimum atomic E-state index is -0.669. The number of nitrogens with zero attached hydrogens (tertiary/aromatic N) is 2. The number of fused-ring (bicyclic) bond motifs is 5. The van der Waals surface area contributed by atoms with E-state index in [-0.39, 0.29) is 22.4 Å². The summed E-state index contributed by atoms with van der Waals surface area (Å²) in [5.41, 5.74) is 2.64. The van der Waals surface area contributed by atoms with Crippen molar-refractivity contribution in [3.8, 4) is 0 Å². The molecule has 6 nitrogen and oxygen atoms in total. The molecular weight excluding hydrogens is 452 g/mol. The lowest BCUT2D eigenvalue weighted by atomic mass is 9.45. The van der Waals surface area contributed by atoms with Gasteiger partial charge in [0.15, 0.2) is 6.73 Å². The topological polar surface area (TPSA) is 75.3 Å². The molecule has 0 aromatic carbocycles. The van der Waals surface area contributed by atoms with E-state index in [9.17, 15) is 9.90 Å². The summed E-state index contributed by atoms with van der Waals surface area (Å²) >= 11 is 0. The third-order valence-electron chi connectivity index (χ3n) is 11.2. The van der Waals surface area contributed by atoms with Gasteiger partial charge in [-0.3, -0.25) is 4.90 Å². The van der Waals surface area contributed by atoms with Crippen molar-refractivity contribution in [1.82, 2.24) is 4.90 Å². The minimum absolute atomic E-state index is 0.128. The molecule has 0 spiro atoms. The van der Waals surface area contributed by atoms with E-state index in [1.807, 2.05) is 6.07 Å². The normalized spacial score (nSPS) is 41.8. The van der Waals surface area contributed by atoms with E-state index < -0.39 is 5.60 Å². The summed E-state index contributed by atoms with van der Waals surface area (Å²) in [5, 5.41) is 16.9. The molecule has 4 fully saturated rings. The lowest BCUT2D eigenvalue weighted by Gasteiger charge is -2.61. The highest BCUT2D eigenvalue weighted by Crippen LogP contribution is 2.69. The Bertz CT molecular complexity index is 1080. The van der Waals surface area contributed by atoms with Crippen molar-refractivity contribution < 1.29 is 14.4 Å². The maximum absolute atomic E-state index is 12.4. The Hall–Kier alpha value is -1.92. The monoisotopic (exact) mass is 494 g/mol. The summed E-state index contributed by atoms with van der Waals surface area (Å²) in [5.74, 6) is 1.05. The average Bonchev–Trinajstić information content (AvgIpc) is 3.16. The SMILES string of the molecule is C[C@]12CC/C(=N\OCN3CCCCC3)C=C1CC[C@@H]1[C@@H]2CC[C@]2(C)[C@@H](c3ccc(=O)oc3)CC[C@]12O.